The van der Waals surface area contributed by atoms with Crippen LogP contribution in [0.4, 0.5) is 51.2 Å². The Bertz CT molecular complexity index is 5650. The molecule has 0 spiro atoms. The van der Waals surface area contributed by atoms with Gasteiger partial charge in [-0.3, -0.25) is 0 Å². The standard InChI is InChI=1S/C42H43N.2C40H41N/c1-5-13-32(14-6-1)36-21-25-40(26-22-36)43(41-27-23-37(24-28-41)33-15-7-2-8-16-33)42-30-38(34-17-9-3-10-18-34)29-39(31-42)35-19-11-4-12-20-35;1-3-10-30(11-4-1)32-18-24-36(25-19-32)41(37-26-20-33(21-27-37)31-12-5-2-6-13-31)38-28-22-35(23-29-38)40-17-9-15-34-14-7-8-16-39(34)40;1-3-9-30(10-4-1)33-17-23-38(24-18-33)41(39-25-19-34(20-26-39)31-11-5-2-6-12-31)40-27-21-35(22-28-40)37-16-15-32-13-7-8-14-36(32)29-37/h3-4,9-12,17-33H,1-2,5-8,13-16H2;7-9,14-31H,1-6,10-13H2;7-8,13-31H,1-6,9-12H2. The number of nitrogens with zero attached hydrogens (tertiary/aromatic N) is 3. The summed E-state index contributed by atoms with van der Waals surface area (Å²) in [7, 11) is 0. The van der Waals surface area contributed by atoms with Crippen molar-refractivity contribution in [2.45, 2.75) is 228 Å². The van der Waals surface area contributed by atoms with E-state index in [-0.39, 0.29) is 0 Å². The Morgan fingerprint density at radius 2 is 0.392 bits per heavy atom. The van der Waals surface area contributed by atoms with Gasteiger partial charge >= 0.3 is 0 Å². The molecule has 15 aromatic carbocycles. The minimum Gasteiger partial charge on any atom is -0.311 e. The minimum atomic E-state index is 0.706. The zero-order valence-corrected chi connectivity index (χ0v) is 73.6. The molecule has 0 radical (unpaired) electrons. The second kappa shape index (κ2) is 40.5. The van der Waals surface area contributed by atoms with E-state index in [4.69, 9.17) is 0 Å². The molecule has 0 heterocycles. The van der Waals surface area contributed by atoms with Crippen molar-refractivity contribution in [3.63, 3.8) is 0 Å². The highest BCUT2D eigenvalue weighted by molar-refractivity contribution is 5.97. The average molecular weight is 1630 g/mol. The fraction of sp³-hybridized carbons (Fsp3) is 0.295. The monoisotopic (exact) mass is 1630 g/mol. The Labute approximate surface area is 746 Å². The van der Waals surface area contributed by atoms with Crippen molar-refractivity contribution in [1.29, 1.82) is 0 Å². The van der Waals surface area contributed by atoms with Gasteiger partial charge in [0.2, 0.25) is 0 Å². The third kappa shape index (κ3) is 20.0. The molecule has 15 aromatic rings. The van der Waals surface area contributed by atoms with Crippen molar-refractivity contribution >= 4 is 72.7 Å². The lowest BCUT2D eigenvalue weighted by molar-refractivity contribution is 0.443. The smallest absolute Gasteiger partial charge is 0.0473 e. The Morgan fingerprint density at radius 1 is 0.144 bits per heavy atom. The Balaban J connectivity index is 0.000000123. The third-order valence-electron chi connectivity index (χ3n) is 29.2. The van der Waals surface area contributed by atoms with Gasteiger partial charge in [0.15, 0.2) is 0 Å². The highest BCUT2D eigenvalue weighted by atomic mass is 15.2. The SMILES string of the molecule is c1ccc(-c2cc(-c3ccccc3)cc(N(c3ccc(C4CCCCC4)cc3)c3ccc(C4CCCCC4)cc3)c2)cc1.c1ccc2c(-c3ccc(N(c4ccc(C5CCCCC5)cc4)c4ccc(C5CCCCC5)cc4)cc3)cccc2c1.c1ccc2cc(-c3ccc(N(c4ccc(C5CCCCC5)cc4)c4ccc(C5CCCCC5)cc4)cc3)ccc2c1. The molecule has 0 atom stereocenters. The first-order valence-corrected chi connectivity index (χ1v) is 48.4. The lowest BCUT2D eigenvalue weighted by Crippen LogP contribution is -2.12. The topological polar surface area (TPSA) is 9.72 Å². The van der Waals surface area contributed by atoms with E-state index < -0.39 is 0 Å². The predicted molar refractivity (Wildman–Crippen MR) is 535 cm³/mol. The predicted octanol–water partition coefficient (Wildman–Crippen LogP) is 36.7. The molecule has 6 aliphatic rings. The maximum atomic E-state index is 2.47. The third-order valence-corrected chi connectivity index (χ3v) is 29.2. The van der Waals surface area contributed by atoms with Gasteiger partial charge in [-0.2, -0.15) is 0 Å². The average Bonchev–Trinajstić information content (AvgIpc) is 0.781. The summed E-state index contributed by atoms with van der Waals surface area (Å²) in [6.45, 7) is 0. The van der Waals surface area contributed by atoms with E-state index in [1.165, 1.54) is 343 Å². The largest absolute Gasteiger partial charge is 0.311 e. The lowest BCUT2D eigenvalue weighted by atomic mass is 9.84. The van der Waals surface area contributed by atoms with E-state index in [0.717, 1.165) is 23.7 Å². The van der Waals surface area contributed by atoms with Gasteiger partial charge in [-0.1, -0.05) is 352 Å². The number of fused-ring (bicyclic) bond motifs is 2. The Hall–Kier alpha value is -11.8. The molecular weight excluding hydrogens is 1510 g/mol. The summed E-state index contributed by atoms with van der Waals surface area (Å²) in [6, 6.07) is 134. The van der Waals surface area contributed by atoms with E-state index in [1.807, 2.05) is 0 Å². The molecule has 6 saturated carbocycles. The van der Waals surface area contributed by atoms with Crippen LogP contribution >= 0.6 is 0 Å². The molecule has 0 unspecified atom stereocenters. The van der Waals surface area contributed by atoms with E-state index in [2.05, 4.69) is 373 Å². The number of hydrogen-bond donors (Lipinski definition) is 0. The zero-order valence-electron chi connectivity index (χ0n) is 73.6. The van der Waals surface area contributed by atoms with E-state index in [0.29, 0.717) is 11.8 Å². The van der Waals surface area contributed by atoms with Crippen molar-refractivity contribution in [3.05, 3.63) is 391 Å². The Kier molecular flexibility index (Phi) is 26.8. The van der Waals surface area contributed by atoms with Crippen LogP contribution in [0.15, 0.2) is 358 Å². The zero-order chi connectivity index (χ0) is 83.7. The van der Waals surface area contributed by atoms with Crippen LogP contribution in [-0.4, -0.2) is 0 Å². The van der Waals surface area contributed by atoms with Crippen LogP contribution in [0.25, 0.3) is 66.1 Å². The highest BCUT2D eigenvalue weighted by Crippen LogP contribution is 2.47. The van der Waals surface area contributed by atoms with Crippen LogP contribution in [0, 0.1) is 0 Å². The highest BCUT2D eigenvalue weighted by Gasteiger charge is 2.26. The molecule has 0 amide bonds. The molecule has 3 nitrogen and oxygen atoms in total. The van der Waals surface area contributed by atoms with Crippen molar-refractivity contribution in [3.8, 4) is 44.5 Å². The summed E-state index contributed by atoms with van der Waals surface area (Å²) in [6.07, 6.45) is 40.8. The van der Waals surface area contributed by atoms with Crippen LogP contribution in [0.3, 0.4) is 0 Å². The molecule has 0 aliphatic heterocycles. The molecule has 6 aliphatic carbocycles. The lowest BCUT2D eigenvalue weighted by Gasteiger charge is -2.29. The molecule has 0 aromatic heterocycles. The molecule has 0 N–H and O–H groups in total. The molecule has 21 rings (SSSR count). The second-order valence-corrected chi connectivity index (χ2v) is 37.2. The quantitative estimate of drug-likeness (QED) is 0.0799. The van der Waals surface area contributed by atoms with Crippen molar-refractivity contribution < 1.29 is 0 Å². The van der Waals surface area contributed by atoms with Crippen molar-refractivity contribution in [1.82, 2.24) is 0 Å². The van der Waals surface area contributed by atoms with Gasteiger partial charge in [0, 0.05) is 51.2 Å². The van der Waals surface area contributed by atoms with Crippen LogP contribution in [-0.2, 0) is 0 Å². The fourth-order valence-corrected chi connectivity index (χ4v) is 22.1. The van der Waals surface area contributed by atoms with E-state index in [1.54, 1.807) is 0 Å². The normalized spacial score (nSPS) is 16.4. The van der Waals surface area contributed by atoms with E-state index in [9.17, 15) is 0 Å². The molecule has 628 valence electrons. The Morgan fingerprint density at radius 3 is 0.720 bits per heavy atom. The minimum absolute atomic E-state index is 0.706. The van der Waals surface area contributed by atoms with Crippen LogP contribution in [0.1, 0.15) is 262 Å². The van der Waals surface area contributed by atoms with Crippen molar-refractivity contribution in [2.24, 2.45) is 0 Å². The van der Waals surface area contributed by atoms with Crippen LogP contribution in [0.2, 0.25) is 0 Å². The van der Waals surface area contributed by atoms with E-state index >= 15 is 0 Å². The summed E-state index contributed by atoms with van der Waals surface area (Å²) < 4.78 is 0. The second-order valence-electron chi connectivity index (χ2n) is 37.2. The number of benzene rings is 15. The van der Waals surface area contributed by atoms with Gasteiger partial charge < -0.3 is 14.7 Å². The molecule has 3 heteroatoms. The van der Waals surface area contributed by atoms with Gasteiger partial charge in [0.05, 0.1) is 0 Å². The first-order chi connectivity index (χ1) is 62.0. The van der Waals surface area contributed by atoms with Crippen LogP contribution < -0.4 is 14.7 Å². The molecule has 6 fully saturated rings. The van der Waals surface area contributed by atoms with Gasteiger partial charge in [-0.15, -0.1) is 0 Å². The van der Waals surface area contributed by atoms with Gasteiger partial charge in [0.1, 0.15) is 0 Å². The summed E-state index contributed by atoms with van der Waals surface area (Å²) in [5, 5.41) is 5.15. The van der Waals surface area contributed by atoms with Gasteiger partial charge in [-0.25, -0.2) is 0 Å². The number of rotatable bonds is 19. The first kappa shape index (κ1) is 82.8. The maximum Gasteiger partial charge on any atom is 0.0473 e. The summed E-state index contributed by atoms with van der Waals surface area (Å²) in [5.74, 6) is 4.31. The molecule has 0 bridgehead atoms. The number of hydrogen-bond acceptors (Lipinski definition) is 3. The summed E-state index contributed by atoms with van der Waals surface area (Å²) >= 11 is 0. The van der Waals surface area contributed by atoms with Crippen molar-refractivity contribution in [2.75, 3.05) is 14.7 Å². The maximum absolute atomic E-state index is 2.47. The molecule has 0 saturated heterocycles. The molecular formula is C122H125N3. The molecule has 125 heavy (non-hydrogen) atoms. The van der Waals surface area contributed by atoms with Gasteiger partial charge in [-0.05, 0) is 333 Å². The summed E-state index contributed by atoms with van der Waals surface area (Å²) in [5.41, 5.74) is 30.0. The van der Waals surface area contributed by atoms with Crippen LogP contribution in [0.5, 0.6) is 0 Å². The summed E-state index contributed by atoms with van der Waals surface area (Å²) in [4.78, 5) is 7.33. The first-order valence-electron chi connectivity index (χ1n) is 48.4. The fourth-order valence-electron chi connectivity index (χ4n) is 22.1. The number of anilines is 9. The van der Waals surface area contributed by atoms with Gasteiger partial charge in [0.25, 0.3) is 0 Å².